The first-order chi connectivity index (χ1) is 11.7. The van der Waals surface area contributed by atoms with E-state index in [1.807, 2.05) is 0 Å². The van der Waals surface area contributed by atoms with Crippen LogP contribution in [0.25, 0.3) is 0 Å². The molecule has 25 heavy (non-hydrogen) atoms. The molecule has 0 saturated heterocycles. The van der Waals surface area contributed by atoms with Crippen LogP contribution in [-0.2, 0) is 9.59 Å². The molecule has 0 fully saturated rings. The van der Waals surface area contributed by atoms with Crippen molar-refractivity contribution in [2.75, 3.05) is 0 Å². The van der Waals surface area contributed by atoms with Crippen molar-refractivity contribution in [2.45, 2.75) is 5.92 Å². The summed E-state index contributed by atoms with van der Waals surface area (Å²) in [5, 5.41) is 19.7. The van der Waals surface area contributed by atoms with E-state index in [0.29, 0.717) is 27.2 Å². The zero-order valence-corrected chi connectivity index (χ0v) is 15.4. The first kappa shape index (κ1) is 19.6. The number of halogens is 4. The summed E-state index contributed by atoms with van der Waals surface area (Å²) < 4.78 is 0. The van der Waals surface area contributed by atoms with E-state index in [0.717, 1.165) is 0 Å². The van der Waals surface area contributed by atoms with Crippen LogP contribution >= 0.6 is 46.4 Å². The zero-order chi connectivity index (χ0) is 18.7. The number of hydrogen-bond donors (Lipinski definition) is 2. The molecule has 0 amide bonds. The van der Waals surface area contributed by atoms with Crippen LogP contribution in [0.2, 0.25) is 20.1 Å². The number of benzene rings is 2. The maximum Gasteiger partial charge on any atom is 0.332 e. The molecule has 0 atom stereocenters. The normalized spacial score (nSPS) is 11.6. The first-order valence-electron chi connectivity index (χ1n) is 6.78. The molecule has 0 heterocycles. The van der Waals surface area contributed by atoms with Crippen molar-refractivity contribution in [2.24, 2.45) is 0 Å². The lowest BCUT2D eigenvalue weighted by molar-refractivity contribution is -0.135. The highest BCUT2D eigenvalue weighted by Gasteiger charge is 2.29. The summed E-state index contributed by atoms with van der Waals surface area (Å²) in [5.74, 6) is -3.84. The summed E-state index contributed by atoms with van der Waals surface area (Å²) >= 11 is 24.2. The molecule has 2 N–H and O–H groups in total. The minimum atomic E-state index is -1.41. The Morgan fingerprint density at radius 1 is 0.840 bits per heavy atom. The molecule has 0 aliphatic rings. The van der Waals surface area contributed by atoms with Crippen molar-refractivity contribution in [3.63, 3.8) is 0 Å². The molecule has 0 aromatic heterocycles. The van der Waals surface area contributed by atoms with Crippen LogP contribution < -0.4 is 0 Å². The van der Waals surface area contributed by atoms with Crippen LogP contribution in [-0.4, -0.2) is 22.2 Å². The summed E-state index contributed by atoms with van der Waals surface area (Å²) in [6.45, 7) is 0. The lowest BCUT2D eigenvalue weighted by Gasteiger charge is -2.21. The largest absolute Gasteiger partial charge is 0.478 e. The predicted octanol–water partition coefficient (Wildman–Crippen LogP) is 5.53. The molecular weight excluding hydrogens is 410 g/mol. The summed E-state index contributed by atoms with van der Waals surface area (Å²) in [6.07, 6.45) is 0.614. The summed E-state index contributed by atoms with van der Waals surface area (Å²) in [7, 11) is 0. The van der Waals surface area contributed by atoms with Crippen LogP contribution in [0.4, 0.5) is 0 Å². The van der Waals surface area contributed by atoms with E-state index in [9.17, 15) is 14.7 Å². The van der Waals surface area contributed by atoms with Crippen molar-refractivity contribution in [1.29, 1.82) is 0 Å². The Labute approximate surface area is 163 Å². The molecule has 0 aliphatic heterocycles. The van der Waals surface area contributed by atoms with E-state index in [-0.39, 0.29) is 10.0 Å². The predicted molar refractivity (Wildman–Crippen MR) is 98.1 cm³/mol. The van der Waals surface area contributed by atoms with Gasteiger partial charge in [0, 0.05) is 32.1 Å². The van der Waals surface area contributed by atoms with Gasteiger partial charge in [0.25, 0.3) is 0 Å². The maximum absolute atomic E-state index is 11.7. The van der Waals surface area contributed by atoms with Gasteiger partial charge in [0.15, 0.2) is 0 Å². The molecule has 2 aromatic carbocycles. The van der Waals surface area contributed by atoms with Crippen LogP contribution in [0.5, 0.6) is 0 Å². The highest BCUT2D eigenvalue weighted by atomic mass is 35.5. The van der Waals surface area contributed by atoms with Gasteiger partial charge in [0.1, 0.15) is 0 Å². The van der Waals surface area contributed by atoms with Gasteiger partial charge in [-0.2, -0.15) is 0 Å². The minimum Gasteiger partial charge on any atom is -0.478 e. The molecule has 0 saturated carbocycles. The van der Waals surface area contributed by atoms with E-state index in [2.05, 4.69) is 0 Å². The van der Waals surface area contributed by atoms with Crippen molar-refractivity contribution in [3.8, 4) is 0 Å². The fourth-order valence-electron chi connectivity index (χ4n) is 2.38. The van der Waals surface area contributed by atoms with Crippen molar-refractivity contribution in [3.05, 3.63) is 79.3 Å². The highest BCUT2D eigenvalue weighted by molar-refractivity contribution is 6.36. The Hall–Kier alpha value is -1.72. The summed E-state index contributed by atoms with van der Waals surface area (Å²) in [5.41, 5.74) is 0.302. The molecule has 2 rings (SSSR count). The SMILES string of the molecule is O=C(O)C=C(C(=O)O)C(c1ccc(Cl)cc1Cl)c1ccc(Cl)cc1Cl. The third-order valence-electron chi connectivity index (χ3n) is 3.38. The van der Waals surface area contributed by atoms with Gasteiger partial charge in [-0.1, -0.05) is 58.5 Å². The number of carbonyl (C=O) groups is 2. The van der Waals surface area contributed by atoms with E-state index >= 15 is 0 Å². The molecule has 4 nitrogen and oxygen atoms in total. The average molecular weight is 420 g/mol. The van der Waals surface area contributed by atoms with Crippen LogP contribution in [0.15, 0.2) is 48.0 Å². The molecule has 0 unspecified atom stereocenters. The second kappa shape index (κ2) is 8.11. The molecule has 8 heteroatoms. The van der Waals surface area contributed by atoms with Gasteiger partial charge < -0.3 is 10.2 Å². The zero-order valence-electron chi connectivity index (χ0n) is 12.3. The van der Waals surface area contributed by atoms with E-state index < -0.39 is 23.4 Å². The van der Waals surface area contributed by atoms with E-state index in [4.69, 9.17) is 51.5 Å². The molecule has 0 spiro atoms. The fraction of sp³-hybridized carbons (Fsp3) is 0.0588. The van der Waals surface area contributed by atoms with Gasteiger partial charge >= 0.3 is 11.9 Å². The van der Waals surface area contributed by atoms with Gasteiger partial charge in [-0.3, -0.25) is 0 Å². The molecule has 130 valence electrons. The third-order valence-corrected chi connectivity index (χ3v) is 4.51. The molecule has 2 aromatic rings. The maximum atomic E-state index is 11.7. The Balaban J connectivity index is 2.79. The van der Waals surface area contributed by atoms with Crippen molar-refractivity contribution in [1.82, 2.24) is 0 Å². The number of aliphatic carboxylic acids is 2. The van der Waals surface area contributed by atoms with Crippen LogP contribution in [0.1, 0.15) is 17.0 Å². The molecule has 0 bridgehead atoms. The van der Waals surface area contributed by atoms with Gasteiger partial charge in [0.05, 0.1) is 5.57 Å². The van der Waals surface area contributed by atoms with Crippen molar-refractivity contribution < 1.29 is 19.8 Å². The Morgan fingerprint density at radius 3 is 1.60 bits per heavy atom. The number of carboxylic acids is 2. The van der Waals surface area contributed by atoms with Gasteiger partial charge in [-0.05, 0) is 35.4 Å². The van der Waals surface area contributed by atoms with Crippen LogP contribution in [0, 0.1) is 0 Å². The van der Waals surface area contributed by atoms with Crippen molar-refractivity contribution >= 4 is 58.3 Å². The highest BCUT2D eigenvalue weighted by Crippen LogP contribution is 2.40. The quantitative estimate of drug-likeness (QED) is 0.625. The Bertz CT molecular complexity index is 825. The average Bonchev–Trinajstić information content (AvgIpc) is 2.49. The number of hydrogen-bond acceptors (Lipinski definition) is 2. The summed E-state index contributed by atoms with van der Waals surface area (Å²) in [4.78, 5) is 22.8. The molecule has 0 radical (unpaired) electrons. The first-order valence-corrected chi connectivity index (χ1v) is 8.29. The second-order valence-corrected chi connectivity index (χ2v) is 6.70. The lowest BCUT2D eigenvalue weighted by Crippen LogP contribution is -2.15. The van der Waals surface area contributed by atoms with Gasteiger partial charge in [0.2, 0.25) is 0 Å². The minimum absolute atomic E-state index is 0.182. The molecule has 0 aliphatic carbocycles. The second-order valence-electron chi connectivity index (χ2n) is 5.01. The van der Waals surface area contributed by atoms with Gasteiger partial charge in [-0.15, -0.1) is 0 Å². The fourth-order valence-corrected chi connectivity index (χ4v) is 3.41. The number of carboxylic acid groups (broad SMARTS) is 2. The van der Waals surface area contributed by atoms with E-state index in [1.54, 1.807) is 0 Å². The van der Waals surface area contributed by atoms with E-state index in [1.165, 1.54) is 36.4 Å². The third kappa shape index (κ3) is 4.67. The smallest absolute Gasteiger partial charge is 0.332 e. The van der Waals surface area contributed by atoms with Gasteiger partial charge in [-0.25, -0.2) is 9.59 Å². The summed E-state index contributed by atoms with van der Waals surface area (Å²) in [6, 6.07) is 8.99. The monoisotopic (exact) mass is 418 g/mol. The number of rotatable bonds is 5. The topological polar surface area (TPSA) is 74.6 Å². The Kier molecular flexibility index (Phi) is 6.36. The van der Waals surface area contributed by atoms with Crippen LogP contribution in [0.3, 0.4) is 0 Å². The lowest BCUT2D eigenvalue weighted by atomic mass is 9.84. The molecular formula is C17H10Cl4O4. The Morgan fingerprint density at radius 2 is 1.28 bits per heavy atom. The standard InChI is InChI=1S/C17H10Cl4O4/c18-8-1-3-10(13(20)5-8)16(12(17(24)25)7-15(22)23)11-4-2-9(19)6-14(11)21/h1-7,16H,(H,22,23)(H,24,25).